The van der Waals surface area contributed by atoms with Gasteiger partial charge in [-0.15, -0.1) is 0 Å². The molecule has 34 heavy (non-hydrogen) atoms. The zero-order chi connectivity index (χ0) is 23.7. The first-order chi connectivity index (χ1) is 16.5. The van der Waals surface area contributed by atoms with Crippen LogP contribution in [0, 0.1) is 5.92 Å². The maximum Gasteiger partial charge on any atom is 0.407 e. The second-order valence-corrected chi connectivity index (χ2v) is 9.39. The van der Waals surface area contributed by atoms with Gasteiger partial charge in [-0.1, -0.05) is 48.5 Å². The molecular weight excluding hydrogens is 436 g/mol. The van der Waals surface area contributed by atoms with Crippen molar-refractivity contribution in [3.63, 3.8) is 0 Å². The molecule has 0 bridgehead atoms. The summed E-state index contributed by atoms with van der Waals surface area (Å²) in [4.78, 5) is 36.3. The van der Waals surface area contributed by atoms with E-state index in [4.69, 9.17) is 9.47 Å². The highest BCUT2D eigenvalue weighted by molar-refractivity contribution is 5.81. The second-order valence-electron chi connectivity index (χ2n) is 9.39. The highest BCUT2D eigenvalue weighted by Gasteiger charge is 2.46. The van der Waals surface area contributed by atoms with E-state index in [0.29, 0.717) is 25.9 Å². The summed E-state index contributed by atoms with van der Waals surface area (Å²) in [7, 11) is 0. The van der Waals surface area contributed by atoms with Gasteiger partial charge in [0.05, 0.1) is 5.54 Å². The van der Waals surface area contributed by atoms with Crippen molar-refractivity contribution < 1.29 is 29.0 Å². The van der Waals surface area contributed by atoms with E-state index in [1.807, 2.05) is 24.3 Å². The van der Waals surface area contributed by atoms with Gasteiger partial charge < -0.3 is 25.2 Å². The number of rotatable bonds is 8. The van der Waals surface area contributed by atoms with Crippen molar-refractivity contribution in [2.24, 2.45) is 5.92 Å². The summed E-state index contributed by atoms with van der Waals surface area (Å²) in [6.45, 7) is 0.849. The quantitative estimate of drug-likeness (QED) is 0.553. The van der Waals surface area contributed by atoms with Gasteiger partial charge in [-0.3, -0.25) is 4.79 Å². The lowest BCUT2D eigenvalue weighted by atomic mass is 9.98. The molecule has 1 saturated heterocycles. The molecule has 2 aromatic rings. The number of amides is 2. The van der Waals surface area contributed by atoms with Gasteiger partial charge in [0.2, 0.25) is 5.91 Å². The number of carboxylic acid groups (broad SMARTS) is 1. The minimum absolute atomic E-state index is 0.0209. The number of benzene rings is 2. The molecular formula is C26H28N2O6. The van der Waals surface area contributed by atoms with Crippen molar-refractivity contribution in [2.75, 3.05) is 19.8 Å². The van der Waals surface area contributed by atoms with Gasteiger partial charge in [-0.25, -0.2) is 9.59 Å². The van der Waals surface area contributed by atoms with Crippen molar-refractivity contribution in [3.8, 4) is 11.1 Å². The molecule has 0 radical (unpaired) electrons. The molecule has 178 valence electrons. The molecule has 3 aliphatic rings. The Bertz CT molecular complexity index is 1070. The fraction of sp³-hybridized carbons (Fsp3) is 0.423. The fourth-order valence-electron chi connectivity index (χ4n) is 5.08. The molecule has 2 aromatic carbocycles. The first kappa shape index (κ1) is 22.4. The lowest BCUT2D eigenvalue weighted by Crippen LogP contribution is -2.43. The van der Waals surface area contributed by atoms with Crippen molar-refractivity contribution in [1.82, 2.24) is 10.6 Å². The number of nitrogens with one attached hydrogen (secondary N) is 2. The van der Waals surface area contributed by atoms with Crippen molar-refractivity contribution in [3.05, 3.63) is 59.7 Å². The van der Waals surface area contributed by atoms with E-state index in [1.165, 1.54) is 11.1 Å². The third-order valence-electron chi connectivity index (χ3n) is 7.08. The Balaban J connectivity index is 1.13. The van der Waals surface area contributed by atoms with Crippen molar-refractivity contribution >= 4 is 18.0 Å². The van der Waals surface area contributed by atoms with E-state index in [9.17, 15) is 19.5 Å². The molecule has 2 amide bonds. The van der Waals surface area contributed by atoms with Gasteiger partial charge >= 0.3 is 12.1 Å². The monoisotopic (exact) mass is 464 g/mol. The molecule has 5 rings (SSSR count). The maximum absolute atomic E-state index is 12.6. The van der Waals surface area contributed by atoms with Gasteiger partial charge in [0.25, 0.3) is 0 Å². The Labute approximate surface area is 197 Å². The van der Waals surface area contributed by atoms with Crippen LogP contribution in [0.1, 0.15) is 42.7 Å². The van der Waals surface area contributed by atoms with Crippen LogP contribution in [0.15, 0.2) is 48.5 Å². The van der Waals surface area contributed by atoms with Crippen molar-refractivity contribution in [1.29, 1.82) is 0 Å². The minimum Gasteiger partial charge on any atom is -0.479 e. The standard InChI is InChI=1S/C26H28N2O6/c29-22(27-14-16-9-12-33-23(16)24(30)31)13-26(10-11-26)28-25(32)34-15-21-19-7-3-1-5-17(19)18-6-2-4-8-20(18)21/h1-8,16,21,23H,9-15H2,(H,27,29)(H,28,32)(H,30,31)/t16-,23-/m0/s1. The Hall–Kier alpha value is -3.39. The van der Waals surface area contributed by atoms with E-state index >= 15 is 0 Å². The number of carboxylic acids is 1. The van der Waals surface area contributed by atoms with Gasteiger partial charge in [-0.05, 0) is 41.5 Å². The largest absolute Gasteiger partial charge is 0.479 e. The Morgan fingerprint density at radius 1 is 1.03 bits per heavy atom. The molecule has 8 heteroatoms. The maximum atomic E-state index is 12.6. The first-order valence-corrected chi connectivity index (χ1v) is 11.7. The summed E-state index contributed by atoms with van der Waals surface area (Å²) in [5.74, 6) is -1.49. The smallest absolute Gasteiger partial charge is 0.407 e. The number of carbonyl (C=O) groups is 3. The topological polar surface area (TPSA) is 114 Å². The molecule has 0 unspecified atom stereocenters. The Morgan fingerprint density at radius 2 is 1.68 bits per heavy atom. The predicted octanol–water partition coefficient (Wildman–Crippen LogP) is 3.05. The van der Waals surface area contributed by atoms with E-state index < -0.39 is 23.7 Å². The van der Waals surface area contributed by atoms with Crippen LogP contribution in [0.3, 0.4) is 0 Å². The summed E-state index contributed by atoms with van der Waals surface area (Å²) in [6.07, 6.45) is 0.739. The van der Waals surface area contributed by atoms with Gasteiger partial charge in [0, 0.05) is 31.4 Å². The molecule has 8 nitrogen and oxygen atoms in total. The summed E-state index contributed by atoms with van der Waals surface area (Å²) < 4.78 is 10.8. The predicted molar refractivity (Wildman–Crippen MR) is 123 cm³/mol. The summed E-state index contributed by atoms with van der Waals surface area (Å²) >= 11 is 0. The minimum atomic E-state index is -1.01. The first-order valence-electron chi connectivity index (χ1n) is 11.7. The van der Waals surface area contributed by atoms with E-state index in [0.717, 1.165) is 11.1 Å². The highest BCUT2D eigenvalue weighted by atomic mass is 16.5. The summed E-state index contributed by atoms with van der Waals surface area (Å²) in [5, 5.41) is 14.9. The third-order valence-corrected chi connectivity index (χ3v) is 7.08. The number of ether oxygens (including phenoxy) is 2. The molecule has 1 saturated carbocycles. The molecule has 0 spiro atoms. The molecule has 1 heterocycles. The van der Waals surface area contributed by atoms with E-state index in [-0.39, 0.29) is 37.3 Å². The van der Waals surface area contributed by atoms with Crippen LogP contribution in [0.25, 0.3) is 11.1 Å². The lowest BCUT2D eigenvalue weighted by molar-refractivity contribution is -0.149. The van der Waals surface area contributed by atoms with Crippen LogP contribution >= 0.6 is 0 Å². The molecule has 2 atom stereocenters. The van der Waals surface area contributed by atoms with Crippen molar-refractivity contribution in [2.45, 2.75) is 43.2 Å². The number of carbonyl (C=O) groups excluding carboxylic acids is 2. The number of aliphatic carboxylic acids is 1. The van der Waals surface area contributed by atoms with Gasteiger partial charge in [-0.2, -0.15) is 0 Å². The Morgan fingerprint density at radius 3 is 2.29 bits per heavy atom. The summed E-state index contributed by atoms with van der Waals surface area (Å²) in [6, 6.07) is 16.3. The lowest BCUT2D eigenvalue weighted by Gasteiger charge is -2.20. The molecule has 2 aliphatic carbocycles. The van der Waals surface area contributed by atoms with Crippen LogP contribution in [0.4, 0.5) is 4.79 Å². The molecule has 1 aliphatic heterocycles. The fourth-order valence-corrected chi connectivity index (χ4v) is 5.08. The molecule has 0 aromatic heterocycles. The number of fused-ring (bicyclic) bond motifs is 3. The van der Waals surface area contributed by atoms with E-state index in [1.54, 1.807) is 0 Å². The normalized spacial score (nSPS) is 21.9. The SMILES string of the molecule is O=C(CC1(NC(=O)OCC2c3ccccc3-c3ccccc32)CC1)NC[C@@H]1CCO[C@@H]1C(=O)O. The number of hydrogen-bond acceptors (Lipinski definition) is 5. The van der Waals surface area contributed by atoms with Crippen LogP contribution in [0.2, 0.25) is 0 Å². The zero-order valence-electron chi connectivity index (χ0n) is 18.8. The van der Waals surface area contributed by atoms with Crippen LogP contribution in [0.5, 0.6) is 0 Å². The average Bonchev–Trinajstić information content (AvgIpc) is 3.28. The highest BCUT2D eigenvalue weighted by Crippen LogP contribution is 2.44. The Kier molecular flexibility index (Phi) is 6.00. The van der Waals surface area contributed by atoms with Crippen LogP contribution in [-0.4, -0.2) is 54.5 Å². The third kappa shape index (κ3) is 4.50. The second kappa shape index (κ2) is 9.10. The van der Waals surface area contributed by atoms with E-state index in [2.05, 4.69) is 34.9 Å². The number of hydrogen-bond donors (Lipinski definition) is 3. The molecule has 2 fully saturated rings. The summed E-state index contributed by atoms with van der Waals surface area (Å²) in [5.41, 5.74) is 4.03. The number of alkyl carbamates (subject to hydrolysis) is 1. The van der Waals surface area contributed by atoms with Gasteiger partial charge in [0.15, 0.2) is 6.10 Å². The zero-order valence-corrected chi connectivity index (χ0v) is 18.8. The molecule has 3 N–H and O–H groups in total. The van der Waals surface area contributed by atoms with Gasteiger partial charge in [0.1, 0.15) is 6.61 Å². The van der Waals surface area contributed by atoms with Crippen LogP contribution in [-0.2, 0) is 19.1 Å². The van der Waals surface area contributed by atoms with Crippen LogP contribution < -0.4 is 10.6 Å². The average molecular weight is 465 g/mol.